The number of nitrogens with zero attached hydrogens (tertiary/aromatic N) is 3. The van der Waals surface area contributed by atoms with E-state index < -0.39 is 17.6 Å². The first-order valence-electron chi connectivity index (χ1n) is 10.2. The van der Waals surface area contributed by atoms with E-state index >= 15 is 0 Å². The molecule has 0 atom stereocenters. The standard InChI is InChI=1S/C24H27N3O3/c1-16-4-9-20(17(2)14-16)21-22(28)24(30)27(23(21)29)19-7-5-18(6-8-19)15-26-12-10-25(3)11-13-26/h4-9,14,28H,10-13,15H2,1-3H3. The Bertz CT molecular complexity index is 1020. The van der Waals surface area contributed by atoms with Gasteiger partial charge in [0.1, 0.15) is 0 Å². The van der Waals surface area contributed by atoms with Gasteiger partial charge in [0.25, 0.3) is 5.91 Å². The van der Waals surface area contributed by atoms with Crippen molar-refractivity contribution in [3.05, 3.63) is 70.5 Å². The molecule has 0 aromatic heterocycles. The minimum atomic E-state index is -0.679. The van der Waals surface area contributed by atoms with Crippen LogP contribution in [0.2, 0.25) is 0 Å². The molecule has 0 spiro atoms. The van der Waals surface area contributed by atoms with Crippen LogP contribution in [0.25, 0.3) is 5.57 Å². The summed E-state index contributed by atoms with van der Waals surface area (Å²) in [5.74, 6) is -1.66. The van der Waals surface area contributed by atoms with Crippen LogP contribution in [-0.4, -0.2) is 59.9 Å². The molecule has 0 saturated carbocycles. The molecule has 6 nitrogen and oxygen atoms in total. The molecule has 30 heavy (non-hydrogen) atoms. The number of hydrogen-bond acceptors (Lipinski definition) is 5. The Hall–Kier alpha value is -2.96. The van der Waals surface area contributed by atoms with Gasteiger partial charge in [0.2, 0.25) is 0 Å². The number of aliphatic hydroxyl groups is 1. The topological polar surface area (TPSA) is 64.1 Å². The van der Waals surface area contributed by atoms with Gasteiger partial charge in [-0.1, -0.05) is 35.9 Å². The second-order valence-corrected chi connectivity index (χ2v) is 8.23. The van der Waals surface area contributed by atoms with Crippen LogP contribution in [0.15, 0.2) is 48.2 Å². The molecule has 2 aromatic carbocycles. The minimum Gasteiger partial charge on any atom is -0.502 e. The Morgan fingerprint density at radius 1 is 0.900 bits per heavy atom. The van der Waals surface area contributed by atoms with Crippen molar-refractivity contribution in [2.45, 2.75) is 20.4 Å². The first-order valence-corrected chi connectivity index (χ1v) is 10.2. The Balaban J connectivity index is 1.53. The molecular weight excluding hydrogens is 378 g/mol. The van der Waals surface area contributed by atoms with Crippen molar-refractivity contribution >= 4 is 23.1 Å². The fraction of sp³-hybridized carbons (Fsp3) is 0.333. The zero-order valence-corrected chi connectivity index (χ0v) is 17.7. The van der Waals surface area contributed by atoms with E-state index in [1.807, 2.05) is 38.1 Å². The zero-order chi connectivity index (χ0) is 21.4. The molecule has 1 N–H and O–H groups in total. The largest absolute Gasteiger partial charge is 0.502 e. The van der Waals surface area contributed by atoms with E-state index in [1.54, 1.807) is 18.2 Å². The van der Waals surface area contributed by atoms with Crippen LogP contribution in [0.4, 0.5) is 5.69 Å². The van der Waals surface area contributed by atoms with Crippen molar-refractivity contribution in [3.63, 3.8) is 0 Å². The predicted molar refractivity (Wildman–Crippen MR) is 117 cm³/mol. The molecule has 0 unspecified atom stereocenters. The van der Waals surface area contributed by atoms with Crippen LogP contribution in [0, 0.1) is 13.8 Å². The number of piperazine rings is 1. The number of amides is 2. The van der Waals surface area contributed by atoms with Crippen LogP contribution in [0.5, 0.6) is 0 Å². The molecule has 2 aliphatic rings. The van der Waals surface area contributed by atoms with E-state index in [-0.39, 0.29) is 5.57 Å². The van der Waals surface area contributed by atoms with E-state index in [2.05, 4.69) is 16.8 Å². The number of imide groups is 1. The summed E-state index contributed by atoms with van der Waals surface area (Å²) in [4.78, 5) is 31.5. The van der Waals surface area contributed by atoms with Gasteiger partial charge in [0.15, 0.2) is 5.76 Å². The van der Waals surface area contributed by atoms with Crippen molar-refractivity contribution in [2.75, 3.05) is 38.1 Å². The molecule has 2 amide bonds. The lowest BCUT2D eigenvalue weighted by molar-refractivity contribution is -0.121. The number of aliphatic hydroxyl groups excluding tert-OH is 1. The Morgan fingerprint density at radius 2 is 1.57 bits per heavy atom. The molecule has 6 heteroatoms. The number of carbonyl (C=O) groups excluding carboxylic acids is 2. The zero-order valence-electron chi connectivity index (χ0n) is 17.7. The molecule has 2 aromatic rings. The van der Waals surface area contributed by atoms with Crippen LogP contribution in [-0.2, 0) is 16.1 Å². The van der Waals surface area contributed by atoms with Gasteiger partial charge in [-0.2, -0.15) is 0 Å². The molecule has 1 fully saturated rings. The molecule has 0 radical (unpaired) electrons. The van der Waals surface area contributed by atoms with E-state index in [0.717, 1.165) is 54.3 Å². The number of aryl methyl sites for hydroxylation is 2. The SMILES string of the molecule is Cc1ccc(C2=C(O)C(=O)N(c3ccc(CN4CCN(C)CC4)cc3)C2=O)c(C)c1. The van der Waals surface area contributed by atoms with E-state index in [0.29, 0.717) is 11.3 Å². The lowest BCUT2D eigenvalue weighted by Gasteiger charge is -2.32. The molecule has 156 valence electrons. The van der Waals surface area contributed by atoms with Crippen molar-refractivity contribution in [3.8, 4) is 0 Å². The van der Waals surface area contributed by atoms with Crippen molar-refractivity contribution in [2.24, 2.45) is 0 Å². The van der Waals surface area contributed by atoms with Crippen LogP contribution >= 0.6 is 0 Å². The maximum absolute atomic E-state index is 13.1. The third-order valence-electron chi connectivity index (χ3n) is 5.91. The lowest BCUT2D eigenvalue weighted by Crippen LogP contribution is -2.43. The van der Waals surface area contributed by atoms with Gasteiger partial charge in [0, 0.05) is 32.7 Å². The summed E-state index contributed by atoms with van der Waals surface area (Å²) < 4.78 is 0. The number of anilines is 1. The number of rotatable bonds is 4. The summed E-state index contributed by atoms with van der Waals surface area (Å²) in [5.41, 5.74) is 4.17. The van der Waals surface area contributed by atoms with Gasteiger partial charge in [-0.05, 0) is 49.7 Å². The first kappa shape index (κ1) is 20.3. The van der Waals surface area contributed by atoms with Gasteiger partial charge >= 0.3 is 5.91 Å². The lowest BCUT2D eigenvalue weighted by atomic mass is 9.98. The highest BCUT2D eigenvalue weighted by Crippen LogP contribution is 2.33. The molecule has 4 rings (SSSR count). The molecule has 2 aliphatic heterocycles. The Labute approximate surface area is 177 Å². The van der Waals surface area contributed by atoms with Gasteiger partial charge in [-0.25, -0.2) is 4.90 Å². The predicted octanol–water partition coefficient (Wildman–Crippen LogP) is 2.89. The highest BCUT2D eigenvalue weighted by molar-refractivity contribution is 6.45. The molecular formula is C24H27N3O3. The van der Waals surface area contributed by atoms with Crippen molar-refractivity contribution in [1.82, 2.24) is 9.80 Å². The average molecular weight is 405 g/mol. The summed E-state index contributed by atoms with van der Waals surface area (Å²) in [6, 6.07) is 13.0. The third kappa shape index (κ3) is 3.76. The molecule has 1 saturated heterocycles. The molecule has 0 bridgehead atoms. The maximum atomic E-state index is 13.1. The molecule has 0 aliphatic carbocycles. The number of hydrogen-bond donors (Lipinski definition) is 1. The summed E-state index contributed by atoms with van der Waals surface area (Å²) in [6.45, 7) is 8.84. The van der Waals surface area contributed by atoms with Gasteiger partial charge < -0.3 is 10.0 Å². The highest BCUT2D eigenvalue weighted by Gasteiger charge is 2.40. The summed E-state index contributed by atoms with van der Waals surface area (Å²) in [7, 11) is 2.13. The normalized spacial score (nSPS) is 18.6. The van der Waals surface area contributed by atoms with E-state index in [1.165, 1.54) is 0 Å². The highest BCUT2D eigenvalue weighted by atomic mass is 16.3. The van der Waals surface area contributed by atoms with Gasteiger partial charge in [-0.15, -0.1) is 0 Å². The van der Waals surface area contributed by atoms with Crippen molar-refractivity contribution < 1.29 is 14.7 Å². The summed E-state index contributed by atoms with van der Waals surface area (Å²) in [5, 5.41) is 10.5. The Morgan fingerprint density at radius 3 is 2.20 bits per heavy atom. The number of benzene rings is 2. The number of likely N-dealkylation sites (N-methyl/N-ethyl adjacent to an activating group) is 1. The van der Waals surface area contributed by atoms with Crippen LogP contribution in [0.1, 0.15) is 22.3 Å². The monoisotopic (exact) mass is 405 g/mol. The quantitative estimate of drug-likeness (QED) is 0.793. The third-order valence-corrected chi connectivity index (χ3v) is 5.91. The second kappa shape index (κ2) is 8.05. The van der Waals surface area contributed by atoms with Gasteiger partial charge in [-0.3, -0.25) is 14.5 Å². The molecule has 2 heterocycles. The minimum absolute atomic E-state index is 0.0685. The van der Waals surface area contributed by atoms with Crippen molar-refractivity contribution in [1.29, 1.82) is 0 Å². The summed E-state index contributed by atoms with van der Waals surface area (Å²) in [6.07, 6.45) is 0. The number of carbonyl (C=O) groups is 2. The second-order valence-electron chi connectivity index (χ2n) is 8.23. The summed E-state index contributed by atoms with van der Waals surface area (Å²) >= 11 is 0. The average Bonchev–Trinajstić information content (AvgIpc) is 2.94. The first-order chi connectivity index (χ1) is 14.3. The smallest absolute Gasteiger partial charge is 0.301 e. The fourth-order valence-electron chi connectivity index (χ4n) is 4.10. The van der Waals surface area contributed by atoms with Gasteiger partial charge in [0.05, 0.1) is 11.3 Å². The Kier molecular flexibility index (Phi) is 5.45. The van der Waals surface area contributed by atoms with E-state index in [9.17, 15) is 14.7 Å². The van der Waals surface area contributed by atoms with E-state index in [4.69, 9.17) is 0 Å². The maximum Gasteiger partial charge on any atom is 0.301 e. The fourth-order valence-corrected chi connectivity index (χ4v) is 4.10. The van der Waals surface area contributed by atoms with Crippen LogP contribution < -0.4 is 4.90 Å². The van der Waals surface area contributed by atoms with Crippen LogP contribution in [0.3, 0.4) is 0 Å².